The van der Waals surface area contributed by atoms with Crippen molar-refractivity contribution >= 4 is 17.0 Å². The fourth-order valence-corrected chi connectivity index (χ4v) is 4.50. The van der Waals surface area contributed by atoms with Crippen molar-refractivity contribution in [2.24, 2.45) is 0 Å². The second-order valence-electron chi connectivity index (χ2n) is 8.93. The third-order valence-electron chi connectivity index (χ3n) is 6.53. The lowest BCUT2D eigenvalue weighted by molar-refractivity contribution is 0.190. The lowest BCUT2D eigenvalue weighted by Gasteiger charge is -2.24. The number of aryl methyl sites for hydroxylation is 1. The van der Waals surface area contributed by atoms with Crippen molar-refractivity contribution in [2.75, 3.05) is 65.1 Å². The van der Waals surface area contributed by atoms with E-state index in [1.165, 1.54) is 0 Å². The summed E-state index contributed by atoms with van der Waals surface area (Å²) in [7, 11) is 3.44. The molecular formula is C27H42N6O2. The van der Waals surface area contributed by atoms with Gasteiger partial charge in [-0.05, 0) is 46.3 Å². The minimum atomic E-state index is 0.249. The van der Waals surface area contributed by atoms with Gasteiger partial charge in [0, 0.05) is 38.9 Å². The summed E-state index contributed by atoms with van der Waals surface area (Å²) in [5.74, 6) is 2.52. The molecule has 3 rings (SSSR count). The highest BCUT2D eigenvalue weighted by molar-refractivity contribution is 5.87. The Kier molecular flexibility index (Phi) is 10.4. The normalized spacial score (nSPS) is 12.5. The van der Waals surface area contributed by atoms with Gasteiger partial charge in [-0.25, -0.2) is 15.0 Å². The molecule has 0 saturated heterocycles. The summed E-state index contributed by atoms with van der Waals surface area (Å²) in [6.45, 7) is 14.6. The highest BCUT2D eigenvalue weighted by Gasteiger charge is 2.24. The van der Waals surface area contributed by atoms with Crippen LogP contribution < -0.4 is 4.90 Å². The molecular weight excluding hydrogens is 440 g/mol. The third-order valence-corrected chi connectivity index (χ3v) is 6.53. The number of ether oxygens (including phenoxy) is 2. The van der Waals surface area contributed by atoms with E-state index in [-0.39, 0.29) is 6.04 Å². The van der Waals surface area contributed by atoms with Crippen molar-refractivity contribution in [3.63, 3.8) is 0 Å². The summed E-state index contributed by atoms with van der Waals surface area (Å²) in [4.78, 5) is 19.6. The molecule has 35 heavy (non-hydrogen) atoms. The molecule has 0 saturated carbocycles. The van der Waals surface area contributed by atoms with Crippen LogP contribution in [-0.4, -0.2) is 84.6 Å². The van der Waals surface area contributed by atoms with Gasteiger partial charge >= 0.3 is 0 Å². The summed E-state index contributed by atoms with van der Waals surface area (Å²) in [6, 6.07) is 10.6. The molecule has 0 fully saturated rings. The molecule has 2 aromatic heterocycles. The molecule has 8 nitrogen and oxygen atoms in total. The maximum Gasteiger partial charge on any atom is 0.166 e. The lowest BCUT2D eigenvalue weighted by Crippen LogP contribution is -2.32. The van der Waals surface area contributed by atoms with E-state index in [1.807, 2.05) is 13.0 Å². The number of rotatable bonds is 15. The minimum absolute atomic E-state index is 0.249. The Balaban J connectivity index is 2.08. The Morgan fingerprint density at radius 1 is 0.914 bits per heavy atom. The van der Waals surface area contributed by atoms with E-state index in [1.54, 1.807) is 14.2 Å². The quantitative estimate of drug-likeness (QED) is 0.314. The van der Waals surface area contributed by atoms with Crippen LogP contribution in [0.2, 0.25) is 0 Å². The van der Waals surface area contributed by atoms with Crippen LogP contribution in [0.5, 0.6) is 0 Å². The zero-order chi connectivity index (χ0) is 25.2. The number of imidazole rings is 1. The number of methoxy groups -OCH3 is 2. The fraction of sp³-hybridized carbons (Fsp3) is 0.593. The molecule has 3 aromatic rings. The molecule has 2 heterocycles. The summed E-state index contributed by atoms with van der Waals surface area (Å²) in [5.41, 5.74) is 2.81. The highest BCUT2D eigenvalue weighted by atomic mass is 16.5. The number of hydrogen-bond donors (Lipinski definition) is 0. The van der Waals surface area contributed by atoms with Crippen LogP contribution in [0.25, 0.3) is 22.6 Å². The molecule has 8 heteroatoms. The second kappa shape index (κ2) is 13.5. The van der Waals surface area contributed by atoms with E-state index in [4.69, 9.17) is 24.4 Å². The summed E-state index contributed by atoms with van der Waals surface area (Å²) < 4.78 is 13.1. The molecule has 1 unspecified atom stereocenters. The third kappa shape index (κ3) is 6.78. The minimum Gasteiger partial charge on any atom is -0.383 e. The molecule has 0 aliphatic rings. The Hall–Kier alpha value is -2.55. The monoisotopic (exact) mass is 482 g/mol. The Bertz CT molecular complexity index is 1030. The van der Waals surface area contributed by atoms with E-state index in [2.05, 4.69) is 59.4 Å². The summed E-state index contributed by atoms with van der Waals surface area (Å²) in [6.07, 6.45) is 2.18. The van der Waals surface area contributed by atoms with E-state index >= 15 is 0 Å². The first-order valence-electron chi connectivity index (χ1n) is 12.8. The zero-order valence-electron chi connectivity index (χ0n) is 22.3. The van der Waals surface area contributed by atoms with Gasteiger partial charge in [-0.15, -0.1) is 0 Å². The Labute approximate surface area is 210 Å². The van der Waals surface area contributed by atoms with Crippen molar-refractivity contribution in [1.29, 1.82) is 0 Å². The van der Waals surface area contributed by atoms with Crippen LogP contribution in [0, 0.1) is 6.92 Å². The number of aromatic nitrogens is 4. The van der Waals surface area contributed by atoms with Gasteiger partial charge < -0.3 is 23.8 Å². The standard InChI is InChI=1S/C27H42N6O2/c1-7-31(8-2)16-12-13-21(3)33-25(23-14-10-9-11-15-23)30-24-26(28-22(4)29-27(24)33)32(17-19-34-5)18-20-35-6/h9-11,14-15,21H,7-8,12-13,16-20H2,1-6H3. The summed E-state index contributed by atoms with van der Waals surface area (Å²) in [5, 5.41) is 0. The predicted molar refractivity (Wildman–Crippen MR) is 143 cm³/mol. The van der Waals surface area contributed by atoms with Crippen molar-refractivity contribution < 1.29 is 9.47 Å². The van der Waals surface area contributed by atoms with Gasteiger partial charge in [-0.2, -0.15) is 0 Å². The SMILES string of the molecule is CCN(CC)CCCC(C)n1c(-c2ccccc2)nc2c(N(CCOC)CCOC)nc(C)nc21. The van der Waals surface area contributed by atoms with Gasteiger partial charge in [-0.1, -0.05) is 44.2 Å². The van der Waals surface area contributed by atoms with Crippen molar-refractivity contribution in [3.8, 4) is 11.4 Å². The van der Waals surface area contributed by atoms with Gasteiger partial charge in [0.25, 0.3) is 0 Å². The van der Waals surface area contributed by atoms with Crippen molar-refractivity contribution in [1.82, 2.24) is 24.4 Å². The van der Waals surface area contributed by atoms with Gasteiger partial charge in [0.1, 0.15) is 11.6 Å². The molecule has 1 atom stereocenters. The first-order chi connectivity index (χ1) is 17.0. The molecule has 192 valence electrons. The Morgan fingerprint density at radius 2 is 1.57 bits per heavy atom. The molecule has 1 aromatic carbocycles. The lowest BCUT2D eigenvalue weighted by atomic mass is 10.1. The molecule has 0 bridgehead atoms. The van der Waals surface area contributed by atoms with Crippen LogP contribution >= 0.6 is 0 Å². The largest absolute Gasteiger partial charge is 0.383 e. The average Bonchev–Trinajstić information content (AvgIpc) is 3.26. The van der Waals surface area contributed by atoms with Crippen molar-refractivity contribution in [3.05, 3.63) is 36.2 Å². The average molecular weight is 483 g/mol. The van der Waals surface area contributed by atoms with Crippen LogP contribution in [-0.2, 0) is 9.47 Å². The van der Waals surface area contributed by atoms with E-state index in [9.17, 15) is 0 Å². The smallest absolute Gasteiger partial charge is 0.166 e. The molecule has 0 amide bonds. The van der Waals surface area contributed by atoms with Gasteiger partial charge in [-0.3, -0.25) is 0 Å². The molecule has 0 N–H and O–H groups in total. The fourth-order valence-electron chi connectivity index (χ4n) is 4.50. The number of benzene rings is 1. The first-order valence-corrected chi connectivity index (χ1v) is 12.8. The van der Waals surface area contributed by atoms with E-state index in [0.717, 1.165) is 66.7 Å². The maximum atomic E-state index is 5.38. The molecule has 0 aliphatic heterocycles. The van der Waals surface area contributed by atoms with Gasteiger partial charge in [0.05, 0.1) is 13.2 Å². The zero-order valence-corrected chi connectivity index (χ0v) is 22.3. The van der Waals surface area contributed by atoms with Crippen LogP contribution in [0.15, 0.2) is 30.3 Å². The molecule has 0 spiro atoms. The van der Waals surface area contributed by atoms with Crippen LogP contribution in [0.4, 0.5) is 5.82 Å². The van der Waals surface area contributed by atoms with Gasteiger partial charge in [0.2, 0.25) is 0 Å². The van der Waals surface area contributed by atoms with Gasteiger partial charge in [0.15, 0.2) is 17.0 Å². The summed E-state index contributed by atoms with van der Waals surface area (Å²) >= 11 is 0. The molecule has 0 radical (unpaired) electrons. The molecule has 0 aliphatic carbocycles. The van der Waals surface area contributed by atoms with Crippen LogP contribution in [0.1, 0.15) is 45.5 Å². The number of nitrogens with zero attached hydrogens (tertiary/aromatic N) is 6. The van der Waals surface area contributed by atoms with Crippen molar-refractivity contribution in [2.45, 2.75) is 46.6 Å². The maximum absolute atomic E-state index is 5.38. The number of anilines is 1. The van der Waals surface area contributed by atoms with E-state index in [0.29, 0.717) is 26.3 Å². The highest BCUT2D eigenvalue weighted by Crippen LogP contribution is 2.33. The van der Waals surface area contributed by atoms with Crippen LogP contribution in [0.3, 0.4) is 0 Å². The Morgan fingerprint density at radius 3 is 2.17 bits per heavy atom. The first kappa shape index (κ1) is 27.0. The second-order valence-corrected chi connectivity index (χ2v) is 8.93. The van der Waals surface area contributed by atoms with E-state index < -0.39 is 0 Å². The topological polar surface area (TPSA) is 68.5 Å². The predicted octanol–water partition coefficient (Wildman–Crippen LogP) is 4.58. The number of hydrogen-bond acceptors (Lipinski definition) is 7. The number of fused-ring (bicyclic) bond motifs is 1.